The minimum atomic E-state index is -0.429. The predicted octanol–water partition coefficient (Wildman–Crippen LogP) is 4.74. The van der Waals surface area contributed by atoms with Crippen molar-refractivity contribution in [3.63, 3.8) is 0 Å². The second-order valence-electron chi connectivity index (χ2n) is 10.1. The number of halogens is 1. The van der Waals surface area contributed by atoms with Gasteiger partial charge in [-0.2, -0.15) is 5.10 Å². The highest BCUT2D eigenvalue weighted by molar-refractivity contribution is 5.98. The molecule has 0 amide bonds. The Kier molecular flexibility index (Phi) is 6.48. The topological polar surface area (TPSA) is 85.3 Å². The van der Waals surface area contributed by atoms with Crippen molar-refractivity contribution in [1.82, 2.24) is 29.5 Å². The van der Waals surface area contributed by atoms with Crippen LogP contribution >= 0.6 is 0 Å². The third-order valence-corrected chi connectivity index (χ3v) is 7.76. The number of hydrogen-bond acceptors (Lipinski definition) is 7. The summed E-state index contributed by atoms with van der Waals surface area (Å²) in [5.74, 6) is 0.945. The monoisotopic (exact) mass is 501 g/mol. The van der Waals surface area contributed by atoms with Crippen molar-refractivity contribution in [2.24, 2.45) is 0 Å². The van der Waals surface area contributed by atoms with Crippen molar-refractivity contribution in [2.45, 2.75) is 37.8 Å². The zero-order valence-electron chi connectivity index (χ0n) is 21.1. The van der Waals surface area contributed by atoms with Gasteiger partial charge < -0.3 is 15.4 Å². The molecule has 1 saturated heterocycles. The van der Waals surface area contributed by atoms with Crippen LogP contribution in [-0.2, 0) is 0 Å². The predicted molar refractivity (Wildman–Crippen MR) is 142 cm³/mol. The Balaban J connectivity index is 1.27. The van der Waals surface area contributed by atoms with Crippen molar-refractivity contribution in [3.8, 4) is 22.8 Å². The number of aromatic nitrogens is 4. The molecule has 2 aliphatic rings. The molecule has 0 unspecified atom stereocenters. The maximum atomic E-state index is 15.4. The Labute approximate surface area is 215 Å². The van der Waals surface area contributed by atoms with Gasteiger partial charge in [0.05, 0.1) is 11.4 Å². The third-order valence-electron chi connectivity index (χ3n) is 7.76. The lowest BCUT2D eigenvalue weighted by Gasteiger charge is -2.41. The van der Waals surface area contributed by atoms with Crippen LogP contribution in [0.1, 0.15) is 31.7 Å². The van der Waals surface area contributed by atoms with Gasteiger partial charge in [0.15, 0.2) is 5.65 Å². The molecule has 6 rings (SSSR count). The van der Waals surface area contributed by atoms with Gasteiger partial charge in [0.25, 0.3) is 0 Å². The molecule has 2 aromatic carbocycles. The van der Waals surface area contributed by atoms with Crippen molar-refractivity contribution < 1.29 is 9.13 Å². The molecule has 0 radical (unpaired) electrons. The second-order valence-corrected chi connectivity index (χ2v) is 10.1. The van der Waals surface area contributed by atoms with Gasteiger partial charge in [-0.15, -0.1) is 0 Å². The van der Waals surface area contributed by atoms with Gasteiger partial charge >= 0.3 is 0 Å². The lowest BCUT2D eigenvalue weighted by atomic mass is 9.90. The van der Waals surface area contributed by atoms with Crippen molar-refractivity contribution in [2.75, 3.05) is 39.0 Å². The molecule has 192 valence electrons. The van der Waals surface area contributed by atoms with E-state index in [-0.39, 0.29) is 6.04 Å². The maximum Gasteiger partial charge on any atom is 0.164 e. The molecule has 37 heavy (non-hydrogen) atoms. The molecular formula is C28H32FN7O. The summed E-state index contributed by atoms with van der Waals surface area (Å²) in [6, 6.07) is 14.9. The molecule has 8 nitrogen and oxygen atoms in total. The first-order chi connectivity index (χ1) is 18.1. The van der Waals surface area contributed by atoms with E-state index in [1.165, 1.54) is 12.4 Å². The molecule has 0 bridgehead atoms. The van der Waals surface area contributed by atoms with E-state index in [0.29, 0.717) is 45.6 Å². The van der Waals surface area contributed by atoms with E-state index in [9.17, 15) is 0 Å². The molecule has 0 spiro atoms. The number of ether oxygens (including phenoxy) is 1. The number of para-hydroxylation sites is 1. The summed E-state index contributed by atoms with van der Waals surface area (Å²) in [6.07, 6.45) is 5.70. The first kappa shape index (κ1) is 23.8. The number of piperazine rings is 1. The van der Waals surface area contributed by atoms with Gasteiger partial charge in [0, 0.05) is 43.9 Å². The minimum Gasteiger partial charge on any atom is -0.457 e. The van der Waals surface area contributed by atoms with Gasteiger partial charge in [-0.1, -0.05) is 18.2 Å². The van der Waals surface area contributed by atoms with E-state index >= 15 is 4.39 Å². The van der Waals surface area contributed by atoms with Crippen LogP contribution < -0.4 is 10.5 Å². The normalized spacial score (nSPS) is 21.4. The molecule has 2 N–H and O–H groups in total. The van der Waals surface area contributed by atoms with E-state index < -0.39 is 5.82 Å². The summed E-state index contributed by atoms with van der Waals surface area (Å²) in [5, 5.41) is 5.50. The standard InChI is InChI=1S/C28H32FN7O/c1-34-13-15-35(16-14-34)19-7-9-20(10-8-19)36-28-25(27(30)31-18-32-28)26(33-36)23-12-11-22(17-24(23)29)37-21-5-3-2-4-6-21/h2-6,11-12,17-20H,7-10,13-16H2,1H3,(H2,30,31,32)/t19-,20-. The third kappa shape index (κ3) is 4.76. The molecule has 1 aliphatic heterocycles. The van der Waals surface area contributed by atoms with Gasteiger partial charge in [0.1, 0.15) is 35.2 Å². The van der Waals surface area contributed by atoms with E-state index in [0.717, 1.165) is 51.9 Å². The molecule has 1 aliphatic carbocycles. The van der Waals surface area contributed by atoms with Crippen molar-refractivity contribution >= 4 is 16.9 Å². The largest absolute Gasteiger partial charge is 0.457 e. The Morgan fingerprint density at radius 1 is 0.892 bits per heavy atom. The Morgan fingerprint density at radius 3 is 2.35 bits per heavy atom. The first-order valence-corrected chi connectivity index (χ1v) is 13.0. The number of nitrogen functional groups attached to an aromatic ring is 1. The van der Waals surface area contributed by atoms with Crippen LogP contribution in [0.2, 0.25) is 0 Å². The number of rotatable bonds is 5. The zero-order valence-corrected chi connectivity index (χ0v) is 21.1. The highest BCUT2D eigenvalue weighted by Crippen LogP contribution is 2.38. The van der Waals surface area contributed by atoms with E-state index in [1.54, 1.807) is 12.1 Å². The van der Waals surface area contributed by atoms with E-state index in [4.69, 9.17) is 15.6 Å². The molecule has 3 heterocycles. The van der Waals surface area contributed by atoms with Gasteiger partial charge in [-0.25, -0.2) is 19.0 Å². The Bertz CT molecular complexity index is 1380. The Morgan fingerprint density at radius 2 is 1.62 bits per heavy atom. The summed E-state index contributed by atoms with van der Waals surface area (Å²) in [7, 11) is 2.19. The molecule has 0 atom stereocenters. The number of nitrogens with zero attached hydrogens (tertiary/aromatic N) is 6. The number of likely N-dealkylation sites (N-methyl/N-ethyl adjacent to an activating group) is 1. The van der Waals surface area contributed by atoms with Crippen LogP contribution in [0.25, 0.3) is 22.3 Å². The molecule has 4 aromatic rings. The van der Waals surface area contributed by atoms with Crippen LogP contribution in [-0.4, -0.2) is 68.8 Å². The summed E-state index contributed by atoms with van der Waals surface area (Å²) in [4.78, 5) is 13.7. The summed E-state index contributed by atoms with van der Waals surface area (Å²) in [6.45, 7) is 4.52. The fourth-order valence-corrected chi connectivity index (χ4v) is 5.67. The first-order valence-electron chi connectivity index (χ1n) is 13.0. The smallest absolute Gasteiger partial charge is 0.164 e. The molecular weight excluding hydrogens is 469 g/mol. The highest BCUT2D eigenvalue weighted by atomic mass is 19.1. The summed E-state index contributed by atoms with van der Waals surface area (Å²) < 4.78 is 23.2. The highest BCUT2D eigenvalue weighted by Gasteiger charge is 2.31. The van der Waals surface area contributed by atoms with Gasteiger partial charge in [-0.3, -0.25) is 4.90 Å². The van der Waals surface area contributed by atoms with Crippen molar-refractivity contribution in [3.05, 3.63) is 60.7 Å². The number of anilines is 1. The number of benzene rings is 2. The average molecular weight is 502 g/mol. The van der Waals surface area contributed by atoms with Crippen LogP contribution in [0.4, 0.5) is 10.2 Å². The number of hydrogen-bond donors (Lipinski definition) is 1. The molecule has 9 heteroatoms. The van der Waals surface area contributed by atoms with E-state index in [2.05, 4.69) is 26.8 Å². The van der Waals surface area contributed by atoms with Gasteiger partial charge in [0.2, 0.25) is 0 Å². The fourth-order valence-electron chi connectivity index (χ4n) is 5.67. The molecule has 2 aromatic heterocycles. The molecule has 2 fully saturated rings. The lowest BCUT2D eigenvalue weighted by Crippen LogP contribution is -2.49. The van der Waals surface area contributed by atoms with Crippen molar-refractivity contribution in [1.29, 1.82) is 0 Å². The quantitative estimate of drug-likeness (QED) is 0.423. The van der Waals surface area contributed by atoms with Crippen LogP contribution in [0, 0.1) is 5.82 Å². The summed E-state index contributed by atoms with van der Waals surface area (Å²) in [5.41, 5.74) is 7.78. The minimum absolute atomic E-state index is 0.193. The van der Waals surface area contributed by atoms with Crippen LogP contribution in [0.15, 0.2) is 54.9 Å². The summed E-state index contributed by atoms with van der Waals surface area (Å²) >= 11 is 0. The van der Waals surface area contributed by atoms with Gasteiger partial charge in [-0.05, 0) is 57.0 Å². The SMILES string of the molecule is CN1CCN([C@H]2CC[C@H](n3nc(-c4ccc(Oc5ccccc5)cc4F)c4c(N)ncnc43)CC2)CC1. The zero-order chi connectivity index (χ0) is 25.4. The van der Waals surface area contributed by atoms with Crippen LogP contribution in [0.5, 0.6) is 11.5 Å². The Hall–Kier alpha value is -3.56. The fraction of sp³-hybridized carbons (Fsp3) is 0.393. The van der Waals surface area contributed by atoms with E-state index in [1.807, 2.05) is 35.0 Å². The number of fused-ring (bicyclic) bond motifs is 1. The average Bonchev–Trinajstić information content (AvgIpc) is 3.31. The molecule has 1 saturated carbocycles. The lowest BCUT2D eigenvalue weighted by molar-refractivity contribution is 0.0815. The second kappa shape index (κ2) is 10.1. The maximum absolute atomic E-state index is 15.4. The number of nitrogens with two attached hydrogens (primary N) is 1. The van der Waals surface area contributed by atoms with Crippen LogP contribution in [0.3, 0.4) is 0 Å².